The predicted molar refractivity (Wildman–Crippen MR) is 83.2 cm³/mol. The number of hydrogen-bond acceptors (Lipinski definition) is 3. The van der Waals surface area contributed by atoms with Crippen LogP contribution in [0.4, 0.5) is 0 Å². The molecule has 1 aliphatic rings. The molecule has 0 saturated carbocycles. The van der Waals surface area contributed by atoms with Crippen molar-refractivity contribution in [3.05, 3.63) is 27.8 Å². The van der Waals surface area contributed by atoms with Crippen LogP contribution in [0.25, 0.3) is 0 Å². The third kappa shape index (κ3) is 4.40. The van der Waals surface area contributed by atoms with Crippen LogP contribution >= 0.6 is 22.6 Å². The summed E-state index contributed by atoms with van der Waals surface area (Å²) in [5.74, 6) is 0.982. The Bertz CT molecular complexity index is 373. The highest BCUT2D eigenvalue weighted by Crippen LogP contribution is 2.15. The zero-order valence-corrected chi connectivity index (χ0v) is 13.0. The quantitative estimate of drug-likeness (QED) is 0.645. The fraction of sp³-hybridized carbons (Fsp3) is 0.571. The van der Waals surface area contributed by atoms with Crippen molar-refractivity contribution in [2.75, 3.05) is 32.8 Å². The van der Waals surface area contributed by atoms with Gasteiger partial charge in [0.05, 0.1) is 6.61 Å². The van der Waals surface area contributed by atoms with Crippen molar-refractivity contribution in [2.24, 2.45) is 0 Å². The highest BCUT2D eigenvalue weighted by molar-refractivity contribution is 14.1. The second-order valence-electron chi connectivity index (χ2n) is 4.75. The van der Waals surface area contributed by atoms with Crippen LogP contribution < -0.4 is 10.1 Å². The van der Waals surface area contributed by atoms with Gasteiger partial charge in [-0.15, -0.1) is 0 Å². The Hall–Kier alpha value is -0.330. The number of benzene rings is 1. The molecule has 1 aromatic rings. The van der Waals surface area contributed by atoms with Crippen molar-refractivity contribution in [1.29, 1.82) is 0 Å². The van der Waals surface area contributed by atoms with Crippen molar-refractivity contribution in [3.8, 4) is 5.75 Å². The van der Waals surface area contributed by atoms with E-state index in [2.05, 4.69) is 51.9 Å². The fourth-order valence-corrected chi connectivity index (χ4v) is 2.74. The predicted octanol–water partition coefficient (Wildman–Crippen LogP) is 2.35. The van der Waals surface area contributed by atoms with E-state index in [-0.39, 0.29) is 0 Å². The second-order valence-corrected chi connectivity index (χ2v) is 5.99. The summed E-state index contributed by atoms with van der Waals surface area (Å²) < 4.78 is 6.99. The number of nitrogens with zero attached hydrogens (tertiary/aromatic N) is 1. The average Bonchev–Trinajstić information content (AvgIpc) is 2.37. The second kappa shape index (κ2) is 7.31. The van der Waals surface area contributed by atoms with Crippen molar-refractivity contribution in [3.63, 3.8) is 0 Å². The van der Waals surface area contributed by atoms with E-state index in [0.717, 1.165) is 45.0 Å². The van der Waals surface area contributed by atoms with Crippen molar-refractivity contribution in [2.45, 2.75) is 19.4 Å². The van der Waals surface area contributed by atoms with Gasteiger partial charge in [0.1, 0.15) is 5.75 Å². The van der Waals surface area contributed by atoms with Crippen LogP contribution in [0.2, 0.25) is 0 Å². The van der Waals surface area contributed by atoms with Gasteiger partial charge in [-0.1, -0.05) is 6.07 Å². The van der Waals surface area contributed by atoms with Crippen molar-refractivity contribution < 1.29 is 4.74 Å². The smallest absolute Gasteiger partial charge is 0.120 e. The minimum absolute atomic E-state index is 0.649. The molecule has 1 saturated heterocycles. The Morgan fingerprint density at radius 2 is 2.39 bits per heavy atom. The molecule has 1 heterocycles. The molecule has 0 unspecified atom stereocenters. The molecule has 1 aromatic carbocycles. The van der Waals surface area contributed by atoms with Crippen LogP contribution in [0, 0.1) is 3.57 Å². The molecule has 1 N–H and O–H groups in total. The molecular weight excluding hydrogens is 339 g/mol. The first-order valence-corrected chi connectivity index (χ1v) is 7.67. The number of nitrogens with one attached hydrogen (secondary N) is 1. The molecule has 1 fully saturated rings. The number of hydrogen-bond donors (Lipinski definition) is 1. The molecule has 0 bridgehead atoms. The van der Waals surface area contributed by atoms with Crippen LogP contribution in [-0.2, 0) is 0 Å². The molecule has 4 heteroatoms. The van der Waals surface area contributed by atoms with Gasteiger partial charge in [-0.05, 0) is 54.1 Å². The van der Waals surface area contributed by atoms with Gasteiger partial charge < -0.3 is 10.1 Å². The maximum Gasteiger partial charge on any atom is 0.120 e. The molecule has 0 aliphatic carbocycles. The molecule has 100 valence electrons. The van der Waals surface area contributed by atoms with Crippen molar-refractivity contribution >= 4 is 22.6 Å². The number of ether oxygens (including phenoxy) is 1. The summed E-state index contributed by atoms with van der Waals surface area (Å²) in [6.45, 7) is 7.60. The van der Waals surface area contributed by atoms with Gasteiger partial charge in [0.25, 0.3) is 0 Å². The average molecular weight is 360 g/mol. The highest BCUT2D eigenvalue weighted by atomic mass is 127. The SMILES string of the molecule is C[C@@H]1CNCCN1CCCOc1cccc(I)c1. The summed E-state index contributed by atoms with van der Waals surface area (Å²) in [4.78, 5) is 2.54. The fourth-order valence-electron chi connectivity index (χ4n) is 2.23. The van der Waals surface area contributed by atoms with Crippen LogP contribution in [-0.4, -0.2) is 43.7 Å². The zero-order valence-electron chi connectivity index (χ0n) is 10.9. The number of piperazine rings is 1. The van der Waals surface area contributed by atoms with Crippen LogP contribution in [0.5, 0.6) is 5.75 Å². The summed E-state index contributed by atoms with van der Waals surface area (Å²) in [5, 5.41) is 3.41. The third-order valence-electron chi connectivity index (χ3n) is 3.29. The van der Waals surface area contributed by atoms with E-state index in [1.807, 2.05) is 12.1 Å². The van der Waals surface area contributed by atoms with Gasteiger partial charge >= 0.3 is 0 Å². The first kappa shape index (κ1) is 14.1. The maximum absolute atomic E-state index is 5.77. The largest absolute Gasteiger partial charge is 0.494 e. The van der Waals surface area contributed by atoms with E-state index in [1.165, 1.54) is 3.57 Å². The molecule has 0 radical (unpaired) electrons. The molecule has 0 amide bonds. The number of halogens is 1. The van der Waals surface area contributed by atoms with Gasteiger partial charge in [-0.3, -0.25) is 4.90 Å². The van der Waals surface area contributed by atoms with E-state index in [1.54, 1.807) is 0 Å². The van der Waals surface area contributed by atoms with Crippen LogP contribution in [0.1, 0.15) is 13.3 Å². The molecule has 18 heavy (non-hydrogen) atoms. The summed E-state index contributed by atoms with van der Waals surface area (Å²) >= 11 is 2.31. The molecule has 1 atom stereocenters. The van der Waals surface area contributed by atoms with Crippen LogP contribution in [0.15, 0.2) is 24.3 Å². The van der Waals surface area contributed by atoms with Gasteiger partial charge in [0, 0.05) is 35.8 Å². The Labute approximate surface area is 123 Å². The van der Waals surface area contributed by atoms with Gasteiger partial charge in [-0.2, -0.15) is 0 Å². The summed E-state index contributed by atoms with van der Waals surface area (Å²) in [5.41, 5.74) is 0. The summed E-state index contributed by atoms with van der Waals surface area (Å²) in [7, 11) is 0. The Kier molecular flexibility index (Phi) is 5.72. The van der Waals surface area contributed by atoms with E-state index >= 15 is 0 Å². The first-order chi connectivity index (χ1) is 8.75. The zero-order chi connectivity index (χ0) is 12.8. The van der Waals surface area contributed by atoms with E-state index in [0.29, 0.717) is 6.04 Å². The topological polar surface area (TPSA) is 24.5 Å². The van der Waals surface area contributed by atoms with Gasteiger partial charge in [-0.25, -0.2) is 0 Å². The monoisotopic (exact) mass is 360 g/mol. The Balaban J connectivity index is 1.66. The van der Waals surface area contributed by atoms with E-state index in [4.69, 9.17) is 4.74 Å². The van der Waals surface area contributed by atoms with Crippen molar-refractivity contribution in [1.82, 2.24) is 10.2 Å². The summed E-state index contributed by atoms with van der Waals surface area (Å²) in [6.07, 6.45) is 1.09. The standard InChI is InChI=1S/C14H21IN2O/c1-12-11-16-6-8-17(12)7-3-9-18-14-5-2-4-13(15)10-14/h2,4-5,10,12,16H,3,6-9,11H2,1H3/t12-/m1/s1. The summed E-state index contributed by atoms with van der Waals surface area (Å²) in [6, 6.07) is 8.87. The normalized spacial score (nSPS) is 20.9. The minimum Gasteiger partial charge on any atom is -0.494 e. The highest BCUT2D eigenvalue weighted by Gasteiger charge is 2.16. The molecule has 3 nitrogen and oxygen atoms in total. The first-order valence-electron chi connectivity index (χ1n) is 6.59. The van der Waals surface area contributed by atoms with E-state index < -0.39 is 0 Å². The maximum atomic E-state index is 5.77. The molecule has 1 aliphatic heterocycles. The lowest BCUT2D eigenvalue weighted by Crippen LogP contribution is -2.50. The molecular formula is C14H21IN2O. The van der Waals surface area contributed by atoms with E-state index in [9.17, 15) is 0 Å². The Morgan fingerprint density at radius 3 is 3.17 bits per heavy atom. The lowest BCUT2D eigenvalue weighted by molar-refractivity contribution is 0.160. The van der Waals surface area contributed by atoms with Gasteiger partial charge in [0.15, 0.2) is 0 Å². The minimum atomic E-state index is 0.649. The molecule has 0 spiro atoms. The lowest BCUT2D eigenvalue weighted by Gasteiger charge is -2.33. The third-order valence-corrected chi connectivity index (χ3v) is 3.96. The Morgan fingerprint density at radius 1 is 1.50 bits per heavy atom. The lowest BCUT2D eigenvalue weighted by atomic mass is 10.2. The molecule has 0 aromatic heterocycles. The number of rotatable bonds is 5. The van der Waals surface area contributed by atoms with Crippen LogP contribution in [0.3, 0.4) is 0 Å². The van der Waals surface area contributed by atoms with Gasteiger partial charge in [0.2, 0.25) is 0 Å². The molecule has 2 rings (SSSR count).